The molecule has 0 radical (unpaired) electrons. The zero-order chi connectivity index (χ0) is 20.4. The fourth-order valence-corrected chi connectivity index (χ4v) is 5.45. The molecule has 8 heteroatoms. The van der Waals surface area contributed by atoms with Gasteiger partial charge in [-0.3, -0.25) is 4.79 Å². The Bertz CT molecular complexity index is 1130. The summed E-state index contributed by atoms with van der Waals surface area (Å²) < 4.78 is 26.7. The molecule has 29 heavy (non-hydrogen) atoms. The maximum absolute atomic E-state index is 12.6. The standard InChI is InChI=1S/C21H21N3O3S2/c1-15-22-20(14-28-15)17-5-4-6-18(13-17)23-21(25)16-7-9-19(10-8-16)29(26,27)24-11-2-3-12-24/h4-10,13-14H,2-3,11-12H2,1H3,(H,23,25). The van der Waals surface area contributed by atoms with Crippen molar-refractivity contribution in [3.05, 3.63) is 64.5 Å². The second-order valence-corrected chi connectivity index (χ2v) is 9.92. The van der Waals surface area contributed by atoms with E-state index in [0.717, 1.165) is 29.1 Å². The first-order valence-electron chi connectivity index (χ1n) is 9.38. The van der Waals surface area contributed by atoms with Crippen molar-refractivity contribution in [3.8, 4) is 11.3 Å². The van der Waals surface area contributed by atoms with Crippen molar-refractivity contribution in [1.82, 2.24) is 9.29 Å². The zero-order valence-corrected chi connectivity index (χ0v) is 17.6. The maximum atomic E-state index is 12.6. The van der Waals surface area contributed by atoms with Crippen molar-refractivity contribution >= 4 is 33.0 Å². The number of carbonyl (C=O) groups is 1. The number of rotatable bonds is 5. The largest absolute Gasteiger partial charge is 0.322 e. The van der Waals surface area contributed by atoms with Crippen LogP contribution in [0, 0.1) is 6.92 Å². The van der Waals surface area contributed by atoms with E-state index in [9.17, 15) is 13.2 Å². The predicted octanol–water partition coefficient (Wildman–Crippen LogP) is 4.16. The molecule has 0 bridgehead atoms. The molecule has 0 atom stereocenters. The van der Waals surface area contributed by atoms with Crippen LogP contribution in [-0.4, -0.2) is 36.7 Å². The number of amides is 1. The molecule has 0 aliphatic carbocycles. The number of hydrogen-bond donors (Lipinski definition) is 1. The molecular weight excluding hydrogens is 406 g/mol. The van der Waals surface area contributed by atoms with Crippen LogP contribution in [0.5, 0.6) is 0 Å². The highest BCUT2D eigenvalue weighted by Gasteiger charge is 2.27. The smallest absolute Gasteiger partial charge is 0.255 e. The number of carbonyl (C=O) groups excluding carboxylic acids is 1. The SMILES string of the molecule is Cc1nc(-c2cccc(NC(=O)c3ccc(S(=O)(=O)N4CCCC4)cc3)c2)cs1. The van der Waals surface area contributed by atoms with Crippen LogP contribution in [0.2, 0.25) is 0 Å². The van der Waals surface area contributed by atoms with E-state index in [1.165, 1.54) is 16.4 Å². The monoisotopic (exact) mass is 427 g/mol. The average Bonchev–Trinajstić information content (AvgIpc) is 3.40. The number of nitrogens with one attached hydrogen (secondary N) is 1. The van der Waals surface area contributed by atoms with Gasteiger partial charge in [0.1, 0.15) is 0 Å². The third kappa shape index (κ3) is 4.24. The number of benzene rings is 2. The van der Waals surface area contributed by atoms with Crippen LogP contribution in [0.15, 0.2) is 58.8 Å². The van der Waals surface area contributed by atoms with Gasteiger partial charge in [0.25, 0.3) is 5.91 Å². The van der Waals surface area contributed by atoms with Gasteiger partial charge < -0.3 is 5.32 Å². The van der Waals surface area contributed by atoms with Gasteiger partial charge in [0.05, 0.1) is 15.6 Å². The summed E-state index contributed by atoms with van der Waals surface area (Å²) in [7, 11) is -3.48. The van der Waals surface area contributed by atoms with Crippen molar-refractivity contribution in [2.75, 3.05) is 18.4 Å². The Labute approximate surface area is 174 Å². The first-order chi connectivity index (χ1) is 13.9. The molecule has 1 amide bonds. The predicted molar refractivity (Wildman–Crippen MR) is 115 cm³/mol. The Morgan fingerprint density at radius 3 is 2.48 bits per heavy atom. The summed E-state index contributed by atoms with van der Waals surface area (Å²) >= 11 is 1.58. The molecule has 2 aromatic carbocycles. The van der Waals surface area contributed by atoms with Gasteiger partial charge in [0.15, 0.2) is 0 Å². The van der Waals surface area contributed by atoms with Crippen molar-refractivity contribution in [3.63, 3.8) is 0 Å². The normalized spacial score (nSPS) is 14.8. The van der Waals surface area contributed by atoms with Crippen LogP contribution < -0.4 is 5.32 Å². The Morgan fingerprint density at radius 1 is 1.10 bits per heavy atom. The summed E-state index contributed by atoms with van der Waals surface area (Å²) in [6.45, 7) is 3.06. The van der Waals surface area contributed by atoms with Crippen molar-refractivity contribution in [1.29, 1.82) is 0 Å². The van der Waals surface area contributed by atoms with E-state index < -0.39 is 10.0 Å². The number of sulfonamides is 1. The third-order valence-electron chi connectivity index (χ3n) is 4.85. The van der Waals surface area contributed by atoms with E-state index in [1.807, 2.05) is 36.6 Å². The van der Waals surface area contributed by atoms with Crippen molar-refractivity contribution < 1.29 is 13.2 Å². The van der Waals surface area contributed by atoms with Crippen LogP contribution in [0.1, 0.15) is 28.2 Å². The van der Waals surface area contributed by atoms with Crippen LogP contribution in [0.25, 0.3) is 11.3 Å². The molecule has 0 unspecified atom stereocenters. The quantitative estimate of drug-likeness (QED) is 0.663. The number of thiazole rings is 1. The number of nitrogens with zero attached hydrogens (tertiary/aromatic N) is 2. The van der Waals surface area contributed by atoms with Gasteiger partial charge in [-0.05, 0) is 56.2 Å². The first-order valence-corrected chi connectivity index (χ1v) is 11.7. The highest BCUT2D eigenvalue weighted by molar-refractivity contribution is 7.89. The Kier molecular flexibility index (Phi) is 5.49. The molecule has 0 saturated carbocycles. The topological polar surface area (TPSA) is 79.4 Å². The molecule has 1 aliphatic rings. The minimum absolute atomic E-state index is 0.219. The van der Waals surface area contributed by atoms with E-state index in [1.54, 1.807) is 23.5 Å². The lowest BCUT2D eigenvalue weighted by atomic mass is 10.1. The van der Waals surface area contributed by atoms with Gasteiger partial charge in [-0.25, -0.2) is 13.4 Å². The molecule has 150 valence electrons. The van der Waals surface area contributed by atoms with E-state index in [0.29, 0.717) is 24.3 Å². The lowest BCUT2D eigenvalue weighted by Gasteiger charge is -2.15. The average molecular weight is 428 g/mol. The van der Waals surface area contributed by atoms with Crippen LogP contribution in [0.4, 0.5) is 5.69 Å². The maximum Gasteiger partial charge on any atom is 0.255 e. The van der Waals surface area contributed by atoms with E-state index in [-0.39, 0.29) is 10.8 Å². The fraction of sp³-hybridized carbons (Fsp3) is 0.238. The number of aryl methyl sites for hydroxylation is 1. The summed E-state index contributed by atoms with van der Waals surface area (Å²) in [6.07, 6.45) is 1.78. The lowest BCUT2D eigenvalue weighted by Crippen LogP contribution is -2.27. The second kappa shape index (κ2) is 8.06. The third-order valence-corrected chi connectivity index (χ3v) is 7.54. The summed E-state index contributed by atoms with van der Waals surface area (Å²) in [5, 5.41) is 5.83. The fourth-order valence-electron chi connectivity index (χ4n) is 3.31. The van der Waals surface area contributed by atoms with Crippen LogP contribution in [0.3, 0.4) is 0 Å². The molecule has 6 nitrogen and oxygen atoms in total. The number of aromatic nitrogens is 1. The Balaban J connectivity index is 1.49. The summed E-state index contributed by atoms with van der Waals surface area (Å²) in [4.78, 5) is 17.3. The Morgan fingerprint density at radius 2 is 1.83 bits per heavy atom. The number of anilines is 1. The highest BCUT2D eigenvalue weighted by atomic mass is 32.2. The van der Waals surface area contributed by atoms with Crippen molar-refractivity contribution in [2.45, 2.75) is 24.7 Å². The molecule has 1 fully saturated rings. The molecule has 1 aromatic heterocycles. The summed E-state index contributed by atoms with van der Waals surface area (Å²) in [5.41, 5.74) is 2.87. The van der Waals surface area contributed by atoms with Gasteiger partial charge in [-0.1, -0.05) is 12.1 Å². The molecule has 1 N–H and O–H groups in total. The second-order valence-electron chi connectivity index (χ2n) is 6.92. The minimum atomic E-state index is -3.48. The minimum Gasteiger partial charge on any atom is -0.322 e. The van der Waals surface area contributed by atoms with E-state index in [2.05, 4.69) is 10.3 Å². The van der Waals surface area contributed by atoms with Gasteiger partial charge >= 0.3 is 0 Å². The first kappa shape index (κ1) is 19.8. The van der Waals surface area contributed by atoms with Gasteiger partial charge in [0.2, 0.25) is 10.0 Å². The van der Waals surface area contributed by atoms with Crippen LogP contribution >= 0.6 is 11.3 Å². The van der Waals surface area contributed by atoms with E-state index in [4.69, 9.17) is 0 Å². The lowest BCUT2D eigenvalue weighted by molar-refractivity contribution is 0.102. The van der Waals surface area contributed by atoms with Crippen molar-refractivity contribution in [2.24, 2.45) is 0 Å². The van der Waals surface area contributed by atoms with E-state index >= 15 is 0 Å². The molecular formula is C21H21N3O3S2. The molecule has 4 rings (SSSR count). The molecule has 1 saturated heterocycles. The summed E-state index contributed by atoms with van der Waals surface area (Å²) in [5.74, 6) is -0.290. The molecule has 2 heterocycles. The van der Waals surface area contributed by atoms with Crippen LogP contribution in [-0.2, 0) is 10.0 Å². The number of hydrogen-bond acceptors (Lipinski definition) is 5. The Hall–Kier alpha value is -2.55. The summed E-state index contributed by atoms with van der Waals surface area (Å²) in [6, 6.07) is 13.6. The van der Waals surface area contributed by atoms with Gasteiger partial charge in [-0.15, -0.1) is 11.3 Å². The molecule has 0 spiro atoms. The van der Waals surface area contributed by atoms with Gasteiger partial charge in [0, 0.05) is 35.3 Å². The molecule has 3 aromatic rings. The van der Waals surface area contributed by atoms with Gasteiger partial charge in [-0.2, -0.15) is 4.31 Å². The highest BCUT2D eigenvalue weighted by Crippen LogP contribution is 2.25. The molecule has 1 aliphatic heterocycles. The zero-order valence-electron chi connectivity index (χ0n) is 16.0.